The Labute approximate surface area is 121 Å². The highest BCUT2D eigenvalue weighted by Gasteiger charge is 2.48. The lowest BCUT2D eigenvalue weighted by atomic mass is 9.84. The van der Waals surface area contributed by atoms with Gasteiger partial charge in [0.15, 0.2) is 0 Å². The van der Waals surface area contributed by atoms with Crippen molar-refractivity contribution in [2.75, 3.05) is 19.6 Å². The predicted octanol–water partition coefficient (Wildman–Crippen LogP) is 1.82. The molecule has 20 heavy (non-hydrogen) atoms. The molecule has 1 amide bonds. The molecular formula is C15H28N2O3. The third-order valence-corrected chi connectivity index (χ3v) is 4.02. The van der Waals surface area contributed by atoms with E-state index in [0.717, 1.165) is 19.6 Å². The Balaban J connectivity index is 2.91. The molecule has 1 aliphatic heterocycles. The molecule has 116 valence electrons. The van der Waals surface area contributed by atoms with Crippen molar-refractivity contribution < 1.29 is 14.7 Å². The SMILES string of the molecule is CC(=O)N(C(C)C)C1(C(=O)O)CCN(CC(C)C)CC1. The van der Waals surface area contributed by atoms with Gasteiger partial charge >= 0.3 is 5.97 Å². The average molecular weight is 284 g/mol. The second kappa shape index (κ2) is 6.57. The number of hydrogen-bond acceptors (Lipinski definition) is 3. The Bertz CT molecular complexity index is 358. The molecule has 0 radical (unpaired) electrons. The quantitative estimate of drug-likeness (QED) is 0.836. The highest BCUT2D eigenvalue weighted by Crippen LogP contribution is 2.31. The lowest BCUT2D eigenvalue weighted by Gasteiger charge is -2.47. The minimum Gasteiger partial charge on any atom is -0.479 e. The summed E-state index contributed by atoms with van der Waals surface area (Å²) >= 11 is 0. The molecule has 0 saturated carbocycles. The number of piperidine rings is 1. The van der Waals surface area contributed by atoms with Gasteiger partial charge < -0.3 is 14.9 Å². The van der Waals surface area contributed by atoms with E-state index in [1.807, 2.05) is 13.8 Å². The van der Waals surface area contributed by atoms with Gasteiger partial charge in [0.2, 0.25) is 5.91 Å². The van der Waals surface area contributed by atoms with E-state index in [0.29, 0.717) is 18.8 Å². The molecule has 0 aliphatic carbocycles. The maximum atomic E-state index is 11.9. The lowest BCUT2D eigenvalue weighted by Crippen LogP contribution is -2.63. The highest BCUT2D eigenvalue weighted by molar-refractivity contribution is 5.86. The van der Waals surface area contributed by atoms with Crippen molar-refractivity contribution in [3.05, 3.63) is 0 Å². The van der Waals surface area contributed by atoms with E-state index in [-0.39, 0.29) is 11.9 Å². The zero-order valence-corrected chi connectivity index (χ0v) is 13.3. The van der Waals surface area contributed by atoms with Gasteiger partial charge in [-0.15, -0.1) is 0 Å². The van der Waals surface area contributed by atoms with Crippen LogP contribution in [-0.4, -0.2) is 58.0 Å². The van der Waals surface area contributed by atoms with Crippen LogP contribution in [0.25, 0.3) is 0 Å². The second-order valence-corrected chi connectivity index (χ2v) is 6.51. The first-order valence-corrected chi connectivity index (χ1v) is 7.46. The molecule has 0 aromatic heterocycles. The first-order valence-electron chi connectivity index (χ1n) is 7.46. The van der Waals surface area contributed by atoms with Crippen LogP contribution in [0.3, 0.4) is 0 Å². The van der Waals surface area contributed by atoms with Crippen LogP contribution in [0.4, 0.5) is 0 Å². The van der Waals surface area contributed by atoms with Crippen LogP contribution >= 0.6 is 0 Å². The molecule has 1 fully saturated rings. The molecule has 0 atom stereocenters. The Kier molecular flexibility index (Phi) is 5.57. The van der Waals surface area contributed by atoms with Gasteiger partial charge in [0, 0.05) is 32.6 Å². The van der Waals surface area contributed by atoms with Crippen LogP contribution < -0.4 is 0 Å². The normalized spacial score (nSPS) is 19.4. The number of likely N-dealkylation sites (tertiary alicyclic amines) is 1. The van der Waals surface area contributed by atoms with Crippen LogP contribution in [0.1, 0.15) is 47.5 Å². The van der Waals surface area contributed by atoms with Crippen molar-refractivity contribution >= 4 is 11.9 Å². The van der Waals surface area contributed by atoms with E-state index in [9.17, 15) is 14.7 Å². The van der Waals surface area contributed by atoms with Gasteiger partial charge in [0.25, 0.3) is 0 Å². The number of amides is 1. The molecule has 0 unspecified atom stereocenters. The summed E-state index contributed by atoms with van der Waals surface area (Å²) in [6, 6.07) is -0.0970. The third-order valence-electron chi connectivity index (χ3n) is 4.02. The highest BCUT2D eigenvalue weighted by atomic mass is 16.4. The Morgan fingerprint density at radius 3 is 2.00 bits per heavy atom. The molecule has 0 aromatic rings. The minimum absolute atomic E-state index is 0.0970. The summed E-state index contributed by atoms with van der Waals surface area (Å²) in [5, 5.41) is 9.71. The number of carbonyl (C=O) groups is 2. The fourth-order valence-corrected chi connectivity index (χ4v) is 3.34. The van der Waals surface area contributed by atoms with E-state index < -0.39 is 11.5 Å². The smallest absolute Gasteiger partial charge is 0.329 e. The van der Waals surface area contributed by atoms with Gasteiger partial charge in [-0.2, -0.15) is 0 Å². The van der Waals surface area contributed by atoms with E-state index in [4.69, 9.17) is 0 Å². The van der Waals surface area contributed by atoms with Gasteiger partial charge in [-0.25, -0.2) is 4.79 Å². The van der Waals surface area contributed by atoms with Crippen LogP contribution in [0, 0.1) is 5.92 Å². The van der Waals surface area contributed by atoms with Crippen molar-refractivity contribution in [3.63, 3.8) is 0 Å². The summed E-state index contributed by atoms with van der Waals surface area (Å²) in [7, 11) is 0. The number of carboxylic acids is 1. The molecule has 1 aliphatic rings. The number of carboxylic acid groups (broad SMARTS) is 1. The van der Waals surface area contributed by atoms with Crippen LogP contribution in [0.5, 0.6) is 0 Å². The van der Waals surface area contributed by atoms with Gasteiger partial charge in [-0.1, -0.05) is 13.8 Å². The zero-order chi connectivity index (χ0) is 15.5. The Morgan fingerprint density at radius 1 is 1.20 bits per heavy atom. The van der Waals surface area contributed by atoms with Crippen LogP contribution in [0.15, 0.2) is 0 Å². The molecule has 0 bridgehead atoms. The second-order valence-electron chi connectivity index (χ2n) is 6.51. The first kappa shape index (κ1) is 17.0. The molecule has 5 nitrogen and oxygen atoms in total. The zero-order valence-electron chi connectivity index (χ0n) is 13.3. The fourth-order valence-electron chi connectivity index (χ4n) is 3.34. The maximum Gasteiger partial charge on any atom is 0.329 e. The van der Waals surface area contributed by atoms with Crippen molar-refractivity contribution in [2.45, 2.75) is 59.0 Å². The standard InChI is InChI=1S/C15H28N2O3/c1-11(2)10-16-8-6-15(7-9-16,14(19)20)17(12(3)4)13(5)18/h11-12H,6-10H2,1-5H3,(H,19,20). The molecule has 1 saturated heterocycles. The number of aliphatic carboxylic acids is 1. The van der Waals surface area contributed by atoms with Crippen LogP contribution in [0.2, 0.25) is 0 Å². The molecular weight excluding hydrogens is 256 g/mol. The predicted molar refractivity (Wildman–Crippen MR) is 78.5 cm³/mol. The largest absolute Gasteiger partial charge is 0.479 e. The number of rotatable bonds is 5. The van der Waals surface area contributed by atoms with Crippen molar-refractivity contribution in [1.29, 1.82) is 0 Å². The summed E-state index contributed by atoms with van der Waals surface area (Å²) in [5.41, 5.74) is -1.03. The van der Waals surface area contributed by atoms with E-state index in [2.05, 4.69) is 18.7 Å². The first-order chi connectivity index (χ1) is 9.20. The van der Waals surface area contributed by atoms with Gasteiger partial charge in [0.05, 0.1) is 0 Å². The molecule has 1 N–H and O–H groups in total. The van der Waals surface area contributed by atoms with Crippen molar-refractivity contribution in [3.8, 4) is 0 Å². The summed E-state index contributed by atoms with van der Waals surface area (Å²) in [5.74, 6) is -0.452. The molecule has 1 heterocycles. The van der Waals surface area contributed by atoms with E-state index in [1.165, 1.54) is 6.92 Å². The maximum absolute atomic E-state index is 11.9. The van der Waals surface area contributed by atoms with E-state index >= 15 is 0 Å². The molecule has 5 heteroatoms. The van der Waals surface area contributed by atoms with Crippen molar-refractivity contribution in [2.24, 2.45) is 5.92 Å². The van der Waals surface area contributed by atoms with Crippen LogP contribution in [-0.2, 0) is 9.59 Å². The van der Waals surface area contributed by atoms with Crippen molar-refractivity contribution in [1.82, 2.24) is 9.80 Å². The average Bonchev–Trinajstić information content (AvgIpc) is 2.29. The fraction of sp³-hybridized carbons (Fsp3) is 0.867. The summed E-state index contributed by atoms with van der Waals surface area (Å²) in [6.07, 6.45) is 1.01. The minimum atomic E-state index is -1.03. The molecule has 0 spiro atoms. The van der Waals surface area contributed by atoms with Gasteiger partial charge in [-0.3, -0.25) is 4.79 Å². The Morgan fingerprint density at radius 2 is 1.70 bits per heavy atom. The molecule has 1 rings (SSSR count). The number of nitrogens with zero attached hydrogens (tertiary/aromatic N) is 2. The van der Waals surface area contributed by atoms with Gasteiger partial charge in [-0.05, 0) is 32.6 Å². The summed E-state index contributed by atoms with van der Waals surface area (Å²) in [6.45, 7) is 12.0. The Hall–Kier alpha value is -1.10. The van der Waals surface area contributed by atoms with Gasteiger partial charge in [0.1, 0.15) is 5.54 Å². The van der Waals surface area contributed by atoms with E-state index in [1.54, 1.807) is 4.90 Å². The topological polar surface area (TPSA) is 60.9 Å². The molecule has 0 aromatic carbocycles. The lowest BCUT2D eigenvalue weighted by molar-refractivity contribution is -0.165. The summed E-state index contributed by atoms with van der Waals surface area (Å²) < 4.78 is 0. The summed E-state index contributed by atoms with van der Waals surface area (Å²) in [4.78, 5) is 27.6. The third kappa shape index (κ3) is 3.51. The number of hydrogen-bond donors (Lipinski definition) is 1. The monoisotopic (exact) mass is 284 g/mol. The number of carbonyl (C=O) groups excluding carboxylic acids is 1.